The molecule has 1 atom stereocenters. The molecule has 33 heavy (non-hydrogen) atoms. The number of thiophene rings is 1. The van der Waals surface area contributed by atoms with Gasteiger partial charge in [0.15, 0.2) is 5.78 Å². The second kappa shape index (κ2) is 9.11. The van der Waals surface area contributed by atoms with Crippen LogP contribution >= 0.6 is 11.3 Å². The Hall–Kier alpha value is -3.58. The fourth-order valence-corrected chi connectivity index (χ4v) is 5.39. The lowest BCUT2D eigenvalue weighted by atomic mass is 9.88. The Balaban J connectivity index is 1.54. The minimum atomic E-state index is -0.314. The van der Waals surface area contributed by atoms with E-state index in [2.05, 4.69) is 15.5 Å². The van der Waals surface area contributed by atoms with Gasteiger partial charge < -0.3 is 20.3 Å². The number of fused-ring (bicyclic) bond motifs is 1. The number of anilines is 3. The molecule has 1 aliphatic heterocycles. The van der Waals surface area contributed by atoms with Gasteiger partial charge in [0, 0.05) is 28.3 Å². The van der Waals surface area contributed by atoms with Gasteiger partial charge in [0.25, 0.3) is 0 Å². The van der Waals surface area contributed by atoms with Crippen molar-refractivity contribution in [3.05, 3.63) is 82.2 Å². The van der Waals surface area contributed by atoms with Crippen LogP contribution in [0.25, 0.3) is 0 Å². The molecule has 0 fully saturated rings. The first-order valence-electron chi connectivity index (χ1n) is 11.0. The number of carbonyl (C=O) groups excluding carboxylic acids is 2. The van der Waals surface area contributed by atoms with Crippen molar-refractivity contribution in [2.45, 2.75) is 25.3 Å². The third-order valence-electron chi connectivity index (χ3n) is 6.04. The van der Waals surface area contributed by atoms with Gasteiger partial charge in [-0.3, -0.25) is 9.59 Å². The van der Waals surface area contributed by atoms with E-state index >= 15 is 0 Å². The van der Waals surface area contributed by atoms with Crippen LogP contribution in [-0.4, -0.2) is 25.3 Å². The molecule has 168 valence electrons. The van der Waals surface area contributed by atoms with Gasteiger partial charge in [0.05, 0.1) is 31.1 Å². The van der Waals surface area contributed by atoms with Gasteiger partial charge in [-0.05, 0) is 60.7 Å². The maximum absolute atomic E-state index is 13.2. The van der Waals surface area contributed by atoms with Gasteiger partial charge in [0.2, 0.25) is 5.91 Å². The normalized spacial score (nSPS) is 17.5. The Kier molecular flexibility index (Phi) is 5.88. The number of rotatable bonds is 5. The third kappa shape index (κ3) is 4.24. The fraction of sp³-hybridized carbons (Fsp3) is 0.231. The molecular weight excluding hydrogens is 434 g/mol. The number of benzene rings is 2. The summed E-state index contributed by atoms with van der Waals surface area (Å²) < 4.78 is 5.20. The van der Waals surface area contributed by atoms with Crippen LogP contribution < -0.4 is 20.3 Å². The molecule has 0 bridgehead atoms. The van der Waals surface area contributed by atoms with Crippen LogP contribution in [0.3, 0.4) is 0 Å². The topological polar surface area (TPSA) is 70.7 Å². The summed E-state index contributed by atoms with van der Waals surface area (Å²) >= 11 is 1.61. The second-order valence-corrected chi connectivity index (χ2v) is 9.11. The molecule has 0 saturated carbocycles. The van der Waals surface area contributed by atoms with Gasteiger partial charge >= 0.3 is 0 Å². The number of hydrogen-bond donors (Lipinski definition) is 2. The first kappa shape index (κ1) is 21.3. The largest absolute Gasteiger partial charge is 0.497 e. The molecule has 0 radical (unpaired) electrons. The summed E-state index contributed by atoms with van der Waals surface area (Å²) in [4.78, 5) is 29.5. The molecule has 6 nitrogen and oxygen atoms in total. The molecule has 3 aromatic rings. The number of Topliss-reactive ketones (excluding diaryl/α,β-unsaturated/α-hetero) is 1. The average molecular weight is 460 g/mol. The fourth-order valence-electron chi connectivity index (χ4n) is 4.55. The van der Waals surface area contributed by atoms with E-state index in [0.29, 0.717) is 12.1 Å². The number of allylic oxidation sites excluding steroid dienone is 1. The molecular formula is C26H25N3O3S. The van der Waals surface area contributed by atoms with Gasteiger partial charge in [-0.2, -0.15) is 0 Å². The number of carbonyl (C=O) groups is 2. The van der Waals surface area contributed by atoms with Crippen molar-refractivity contribution in [3.8, 4) is 5.75 Å². The maximum Gasteiger partial charge on any atom is 0.243 e. The number of nitrogens with one attached hydrogen (secondary N) is 2. The highest BCUT2D eigenvalue weighted by Crippen LogP contribution is 2.45. The van der Waals surface area contributed by atoms with Gasteiger partial charge in [0.1, 0.15) is 5.75 Å². The first-order chi connectivity index (χ1) is 16.1. The predicted molar refractivity (Wildman–Crippen MR) is 132 cm³/mol. The Bertz CT molecular complexity index is 1200. The van der Waals surface area contributed by atoms with Gasteiger partial charge in [-0.1, -0.05) is 18.2 Å². The molecule has 7 heteroatoms. The zero-order valence-corrected chi connectivity index (χ0v) is 19.2. The summed E-state index contributed by atoms with van der Waals surface area (Å²) in [6.07, 6.45) is 2.19. The Labute approximate surface area is 196 Å². The summed E-state index contributed by atoms with van der Waals surface area (Å²) in [6, 6.07) is 18.9. The SMILES string of the molecule is COc1ccc(NC(=O)CN2c3ccccc3NC3=C(C(=O)CCC3)C2c2cccs2)cc1. The number of ketones is 1. The summed E-state index contributed by atoms with van der Waals surface area (Å²) in [5.41, 5.74) is 4.26. The van der Waals surface area contributed by atoms with E-state index in [1.807, 2.05) is 66.0 Å². The molecule has 1 amide bonds. The third-order valence-corrected chi connectivity index (χ3v) is 6.97. The van der Waals surface area contributed by atoms with Crippen molar-refractivity contribution in [1.82, 2.24) is 0 Å². The maximum atomic E-state index is 13.2. The number of methoxy groups -OCH3 is 1. The Morgan fingerprint density at radius 2 is 1.94 bits per heavy atom. The van der Waals surface area contributed by atoms with E-state index in [9.17, 15) is 9.59 Å². The zero-order chi connectivity index (χ0) is 22.8. The van der Waals surface area contributed by atoms with Crippen molar-refractivity contribution >= 4 is 40.1 Å². The summed E-state index contributed by atoms with van der Waals surface area (Å²) in [6.45, 7) is 0.108. The molecule has 2 N–H and O–H groups in total. The van der Waals surface area contributed by atoms with Gasteiger partial charge in [-0.25, -0.2) is 0 Å². The lowest BCUT2D eigenvalue weighted by molar-refractivity contribution is -0.117. The first-order valence-corrected chi connectivity index (χ1v) is 11.9. The number of nitrogens with zero attached hydrogens (tertiary/aromatic N) is 1. The van der Waals surface area contributed by atoms with Crippen molar-refractivity contribution in [2.75, 3.05) is 29.2 Å². The number of amides is 1. The van der Waals surface area contributed by atoms with Gasteiger partial charge in [-0.15, -0.1) is 11.3 Å². The van der Waals surface area contributed by atoms with Crippen LogP contribution in [0.4, 0.5) is 17.1 Å². The minimum absolute atomic E-state index is 0.108. The quantitative estimate of drug-likeness (QED) is 0.536. The van der Waals surface area contributed by atoms with E-state index in [4.69, 9.17) is 4.74 Å². The highest BCUT2D eigenvalue weighted by molar-refractivity contribution is 7.10. The van der Waals surface area contributed by atoms with Crippen molar-refractivity contribution in [3.63, 3.8) is 0 Å². The van der Waals surface area contributed by atoms with Crippen LogP contribution in [0.15, 0.2) is 77.3 Å². The van der Waals surface area contributed by atoms with Crippen molar-refractivity contribution < 1.29 is 14.3 Å². The highest BCUT2D eigenvalue weighted by atomic mass is 32.1. The van der Waals surface area contributed by atoms with E-state index in [0.717, 1.165) is 46.1 Å². The zero-order valence-electron chi connectivity index (χ0n) is 18.3. The number of para-hydroxylation sites is 2. The smallest absolute Gasteiger partial charge is 0.243 e. The van der Waals surface area contributed by atoms with Crippen molar-refractivity contribution in [2.24, 2.45) is 0 Å². The monoisotopic (exact) mass is 459 g/mol. The second-order valence-electron chi connectivity index (χ2n) is 8.13. The summed E-state index contributed by atoms with van der Waals surface area (Å²) in [7, 11) is 1.61. The van der Waals surface area contributed by atoms with Crippen LogP contribution in [0.2, 0.25) is 0 Å². The lowest BCUT2D eigenvalue weighted by Gasteiger charge is -2.34. The molecule has 0 spiro atoms. The van der Waals surface area contributed by atoms with Crippen LogP contribution in [0.5, 0.6) is 5.75 Å². The number of ether oxygens (including phenoxy) is 1. The molecule has 0 saturated heterocycles. The molecule has 2 heterocycles. The Morgan fingerprint density at radius 1 is 1.12 bits per heavy atom. The van der Waals surface area contributed by atoms with Crippen molar-refractivity contribution in [1.29, 1.82) is 0 Å². The van der Waals surface area contributed by atoms with Crippen LogP contribution in [0.1, 0.15) is 30.2 Å². The van der Waals surface area contributed by atoms with E-state index in [1.165, 1.54) is 0 Å². The summed E-state index contributed by atoms with van der Waals surface area (Å²) in [5, 5.41) is 8.53. The standard InChI is InChI=1S/C26H25N3O3S/c1-32-18-13-11-17(12-14-18)27-24(31)16-29-21-8-3-2-6-19(21)28-20-7-4-9-22(30)25(20)26(29)23-10-5-15-33-23/h2-3,5-6,8,10-15,26,28H,4,7,9,16H2,1H3,(H,27,31). The molecule has 2 aromatic carbocycles. The minimum Gasteiger partial charge on any atom is -0.497 e. The van der Waals surface area contributed by atoms with E-state index < -0.39 is 0 Å². The van der Waals surface area contributed by atoms with E-state index in [1.54, 1.807) is 18.4 Å². The molecule has 1 aliphatic carbocycles. The van der Waals surface area contributed by atoms with Crippen LogP contribution in [0, 0.1) is 0 Å². The predicted octanol–water partition coefficient (Wildman–Crippen LogP) is 5.38. The molecule has 5 rings (SSSR count). The lowest BCUT2D eigenvalue weighted by Crippen LogP contribution is -2.38. The summed E-state index contributed by atoms with van der Waals surface area (Å²) in [5.74, 6) is 0.730. The highest BCUT2D eigenvalue weighted by Gasteiger charge is 2.37. The number of hydrogen-bond acceptors (Lipinski definition) is 6. The molecule has 2 aliphatic rings. The average Bonchev–Trinajstić information content (AvgIpc) is 3.31. The molecule has 1 aromatic heterocycles. The van der Waals surface area contributed by atoms with E-state index in [-0.39, 0.29) is 24.3 Å². The molecule has 1 unspecified atom stereocenters. The Morgan fingerprint density at radius 3 is 2.70 bits per heavy atom. The van der Waals surface area contributed by atoms with Crippen LogP contribution in [-0.2, 0) is 9.59 Å².